The molecule has 7 heteroatoms. The Balaban J connectivity index is 1.94. The van der Waals surface area contributed by atoms with Crippen LogP contribution in [0.3, 0.4) is 0 Å². The highest BCUT2D eigenvalue weighted by atomic mass is 79.9. The number of thioether (sulfide) groups is 1. The maximum atomic E-state index is 12.8. The van der Waals surface area contributed by atoms with Crippen molar-refractivity contribution < 1.29 is 4.79 Å². The molecule has 1 aromatic carbocycles. The van der Waals surface area contributed by atoms with Gasteiger partial charge in [0.05, 0.1) is 16.6 Å². The number of rotatable bonds is 7. The number of hydrogen-bond acceptors (Lipinski definition) is 3. The van der Waals surface area contributed by atoms with Crippen molar-refractivity contribution in [2.24, 2.45) is 0 Å². The monoisotopic (exact) mass is 451 g/mol. The fourth-order valence-electron chi connectivity index (χ4n) is 3.47. The molecule has 0 saturated heterocycles. The summed E-state index contributed by atoms with van der Waals surface area (Å²) in [7, 11) is 0. The number of halogens is 1. The Kier molecular flexibility index (Phi) is 6.87. The van der Waals surface area contributed by atoms with Crippen LogP contribution in [0.25, 0.3) is 0 Å². The summed E-state index contributed by atoms with van der Waals surface area (Å²) < 4.78 is 2.85. The van der Waals surface area contributed by atoms with E-state index in [4.69, 9.17) is 0 Å². The maximum absolute atomic E-state index is 12.8. The van der Waals surface area contributed by atoms with Crippen molar-refractivity contribution in [3.05, 3.63) is 50.2 Å². The summed E-state index contributed by atoms with van der Waals surface area (Å²) >= 11 is 4.95. The predicted molar refractivity (Wildman–Crippen MR) is 116 cm³/mol. The number of unbranched alkanes of at least 4 members (excludes halogenated alkanes) is 3. The summed E-state index contributed by atoms with van der Waals surface area (Å²) in [6, 6.07) is 8.08. The Labute approximate surface area is 172 Å². The van der Waals surface area contributed by atoms with Gasteiger partial charge in [0.1, 0.15) is 5.82 Å². The molecule has 146 valence electrons. The van der Waals surface area contributed by atoms with E-state index in [2.05, 4.69) is 40.2 Å². The summed E-state index contributed by atoms with van der Waals surface area (Å²) in [4.78, 5) is 25.1. The van der Waals surface area contributed by atoms with E-state index in [1.54, 1.807) is 0 Å². The second-order valence-corrected chi connectivity index (χ2v) is 9.07. The lowest BCUT2D eigenvalue weighted by Crippen LogP contribution is -2.18. The first-order valence-electron chi connectivity index (χ1n) is 9.52. The van der Waals surface area contributed by atoms with Crippen LogP contribution in [0.4, 0.5) is 5.82 Å². The van der Waals surface area contributed by atoms with Crippen LogP contribution in [0.15, 0.2) is 33.5 Å². The molecule has 2 aromatic rings. The van der Waals surface area contributed by atoms with Crippen molar-refractivity contribution in [3.8, 4) is 0 Å². The minimum Gasteiger partial charge on any atom is -0.310 e. The standard InChI is InChI=1S/C20H26BrN3O2S/c1-3-4-5-6-7-13(2)24-19-17(20(26)23-24)18(27-12-16(25)22-19)14-8-10-15(21)11-9-14/h8-11,13,18H,3-7,12H2,1-2H3,(H,22,25)(H,23,26)/t13-,18-/m1/s1. The van der Waals surface area contributed by atoms with Crippen molar-refractivity contribution in [1.29, 1.82) is 0 Å². The Bertz CT molecular complexity index is 844. The molecule has 2 heterocycles. The van der Waals surface area contributed by atoms with E-state index in [0.717, 1.165) is 22.9 Å². The van der Waals surface area contributed by atoms with E-state index in [-0.39, 0.29) is 22.8 Å². The molecule has 0 radical (unpaired) electrons. The van der Waals surface area contributed by atoms with Gasteiger partial charge < -0.3 is 5.32 Å². The first-order chi connectivity index (χ1) is 13.0. The summed E-state index contributed by atoms with van der Waals surface area (Å²) in [6.07, 6.45) is 5.71. The first-order valence-corrected chi connectivity index (χ1v) is 11.4. The van der Waals surface area contributed by atoms with Crippen molar-refractivity contribution >= 4 is 39.4 Å². The molecule has 1 aliphatic heterocycles. The molecule has 5 nitrogen and oxygen atoms in total. The number of amides is 1. The maximum Gasteiger partial charge on any atom is 0.270 e. The highest BCUT2D eigenvalue weighted by molar-refractivity contribution is 9.10. The van der Waals surface area contributed by atoms with Crippen LogP contribution in [0.2, 0.25) is 0 Å². The van der Waals surface area contributed by atoms with Gasteiger partial charge in [0.2, 0.25) is 5.91 Å². The number of nitrogens with zero attached hydrogens (tertiary/aromatic N) is 1. The quantitative estimate of drug-likeness (QED) is 0.565. The van der Waals surface area contributed by atoms with Crippen molar-refractivity contribution in [2.45, 2.75) is 57.2 Å². The van der Waals surface area contributed by atoms with Gasteiger partial charge >= 0.3 is 0 Å². The average molecular weight is 452 g/mol. The van der Waals surface area contributed by atoms with Crippen LogP contribution in [0, 0.1) is 0 Å². The summed E-state index contributed by atoms with van der Waals surface area (Å²) in [5.74, 6) is 0.900. The molecule has 0 bridgehead atoms. The number of anilines is 1. The number of nitrogens with one attached hydrogen (secondary N) is 2. The smallest absolute Gasteiger partial charge is 0.270 e. The molecule has 0 spiro atoms. The van der Waals surface area contributed by atoms with Gasteiger partial charge in [0.15, 0.2) is 0 Å². The molecule has 2 atom stereocenters. The van der Waals surface area contributed by atoms with Gasteiger partial charge in [-0.2, -0.15) is 0 Å². The zero-order valence-corrected chi connectivity index (χ0v) is 18.2. The molecular formula is C20H26BrN3O2S. The van der Waals surface area contributed by atoms with Crippen LogP contribution in [-0.2, 0) is 4.79 Å². The predicted octanol–water partition coefficient (Wildman–Crippen LogP) is 5.25. The minimum absolute atomic E-state index is 0.0632. The van der Waals surface area contributed by atoms with Crippen LogP contribution in [0.1, 0.15) is 68.4 Å². The molecule has 0 saturated carbocycles. The van der Waals surface area contributed by atoms with Crippen molar-refractivity contribution in [1.82, 2.24) is 9.78 Å². The van der Waals surface area contributed by atoms with E-state index < -0.39 is 0 Å². The van der Waals surface area contributed by atoms with Gasteiger partial charge in [-0.05, 0) is 31.0 Å². The molecule has 27 heavy (non-hydrogen) atoms. The normalized spacial score (nSPS) is 17.9. The third-order valence-electron chi connectivity index (χ3n) is 4.95. The first kappa shape index (κ1) is 20.3. The molecule has 3 rings (SSSR count). The van der Waals surface area contributed by atoms with Crippen molar-refractivity contribution in [3.63, 3.8) is 0 Å². The Morgan fingerprint density at radius 1 is 1.22 bits per heavy atom. The second-order valence-electron chi connectivity index (χ2n) is 7.06. The Hall–Kier alpha value is -1.47. The SMILES string of the molecule is CCCCCC[C@@H](C)n1[nH]c(=O)c2c1NC(=O)CS[C@@H]2c1ccc(Br)cc1. The number of carbonyl (C=O) groups excluding carboxylic acids is 1. The molecule has 0 aliphatic carbocycles. The molecule has 0 fully saturated rings. The minimum atomic E-state index is -0.163. The molecule has 1 aliphatic rings. The van der Waals surface area contributed by atoms with E-state index in [9.17, 15) is 9.59 Å². The number of carbonyl (C=O) groups is 1. The van der Waals surface area contributed by atoms with E-state index in [1.165, 1.54) is 31.0 Å². The van der Waals surface area contributed by atoms with Gasteiger partial charge in [-0.25, -0.2) is 0 Å². The number of aromatic nitrogens is 2. The van der Waals surface area contributed by atoms with Crippen LogP contribution in [0.5, 0.6) is 0 Å². The lowest BCUT2D eigenvalue weighted by Gasteiger charge is -2.18. The number of fused-ring (bicyclic) bond motifs is 1. The largest absolute Gasteiger partial charge is 0.310 e. The van der Waals surface area contributed by atoms with Gasteiger partial charge in [-0.3, -0.25) is 19.4 Å². The van der Waals surface area contributed by atoms with E-state index >= 15 is 0 Å². The topological polar surface area (TPSA) is 66.9 Å². The molecule has 0 unspecified atom stereocenters. The van der Waals surface area contributed by atoms with E-state index in [1.807, 2.05) is 28.9 Å². The average Bonchev–Trinajstić information content (AvgIpc) is 2.85. The summed E-state index contributed by atoms with van der Waals surface area (Å²) in [5, 5.41) is 5.78. The highest BCUT2D eigenvalue weighted by Gasteiger charge is 2.31. The third kappa shape index (κ3) is 4.69. The van der Waals surface area contributed by atoms with Gasteiger partial charge in [0, 0.05) is 10.5 Å². The van der Waals surface area contributed by atoms with E-state index in [0.29, 0.717) is 17.1 Å². The zero-order valence-electron chi connectivity index (χ0n) is 15.8. The fourth-order valence-corrected chi connectivity index (χ4v) is 4.86. The van der Waals surface area contributed by atoms with Crippen molar-refractivity contribution in [2.75, 3.05) is 11.1 Å². The van der Waals surface area contributed by atoms with Crippen LogP contribution in [-0.4, -0.2) is 21.4 Å². The molecule has 1 aromatic heterocycles. The second kappa shape index (κ2) is 9.15. The molecule has 2 N–H and O–H groups in total. The number of H-pyrrole nitrogens is 1. The highest BCUT2D eigenvalue weighted by Crippen LogP contribution is 2.40. The lowest BCUT2D eigenvalue weighted by atomic mass is 10.1. The molecular weight excluding hydrogens is 426 g/mol. The fraction of sp³-hybridized carbons (Fsp3) is 0.500. The number of benzene rings is 1. The lowest BCUT2D eigenvalue weighted by molar-refractivity contribution is -0.113. The number of aromatic amines is 1. The van der Waals surface area contributed by atoms with Crippen LogP contribution >= 0.6 is 27.7 Å². The Morgan fingerprint density at radius 2 is 1.96 bits per heavy atom. The third-order valence-corrected chi connectivity index (χ3v) is 6.75. The summed E-state index contributed by atoms with van der Waals surface area (Å²) in [5.41, 5.74) is 1.56. The summed E-state index contributed by atoms with van der Waals surface area (Å²) in [6.45, 7) is 4.29. The van der Waals surface area contributed by atoms with Crippen LogP contribution < -0.4 is 10.9 Å². The molecule has 1 amide bonds. The number of hydrogen-bond donors (Lipinski definition) is 2. The van der Waals surface area contributed by atoms with Gasteiger partial charge in [-0.1, -0.05) is 60.7 Å². The van der Waals surface area contributed by atoms with Gasteiger partial charge in [-0.15, -0.1) is 11.8 Å². The Morgan fingerprint density at radius 3 is 2.67 bits per heavy atom. The van der Waals surface area contributed by atoms with Gasteiger partial charge in [0.25, 0.3) is 5.56 Å². The zero-order chi connectivity index (χ0) is 19.4.